The van der Waals surface area contributed by atoms with E-state index in [1.165, 1.54) is 6.07 Å². The van der Waals surface area contributed by atoms with Gasteiger partial charge in [0.15, 0.2) is 0 Å². The number of hydrogen-bond donors (Lipinski definition) is 0. The second-order valence-corrected chi connectivity index (χ2v) is 2.98. The second kappa shape index (κ2) is 3.11. The quantitative estimate of drug-likeness (QED) is 0.499. The first-order valence-corrected chi connectivity index (χ1v) is 3.82. The fourth-order valence-electron chi connectivity index (χ4n) is 0.908. The fraction of sp³-hybridized carbons (Fsp3) is 0.250. The van der Waals surface area contributed by atoms with Gasteiger partial charge in [0.2, 0.25) is 0 Å². The molecule has 0 unspecified atom stereocenters. The van der Waals surface area contributed by atoms with E-state index in [4.69, 9.17) is 11.6 Å². The van der Waals surface area contributed by atoms with Crippen molar-refractivity contribution in [2.24, 2.45) is 0 Å². The molecule has 1 aromatic rings. The Morgan fingerprint density at radius 3 is 2.50 bits per heavy atom. The molecule has 1 aromatic carbocycles. The fourth-order valence-corrected chi connectivity index (χ4v) is 1.19. The molecule has 0 aliphatic carbocycles. The van der Waals surface area contributed by atoms with Gasteiger partial charge >= 0.3 is 0 Å². The van der Waals surface area contributed by atoms with Crippen molar-refractivity contribution in [3.63, 3.8) is 0 Å². The zero-order valence-electron chi connectivity index (χ0n) is 6.80. The summed E-state index contributed by atoms with van der Waals surface area (Å²) >= 11 is 5.75. The zero-order chi connectivity index (χ0) is 9.30. The van der Waals surface area contributed by atoms with Gasteiger partial charge in [0.1, 0.15) is 5.02 Å². The van der Waals surface area contributed by atoms with Crippen molar-refractivity contribution in [3.05, 3.63) is 38.4 Å². The molecule has 0 aliphatic heterocycles. The van der Waals surface area contributed by atoms with Crippen LogP contribution >= 0.6 is 11.6 Å². The number of aryl methyl sites for hydroxylation is 1. The van der Waals surface area contributed by atoms with Crippen molar-refractivity contribution in [2.75, 3.05) is 0 Å². The van der Waals surface area contributed by atoms with Gasteiger partial charge in [-0.15, -0.1) is 0 Å². The molecule has 0 fully saturated rings. The first kappa shape index (κ1) is 9.00. The van der Waals surface area contributed by atoms with Gasteiger partial charge in [0.05, 0.1) is 4.92 Å². The average Bonchev–Trinajstić information content (AvgIpc) is 2.00. The average molecular weight is 186 g/mol. The van der Waals surface area contributed by atoms with E-state index >= 15 is 0 Å². The molecule has 0 aliphatic rings. The normalized spacial score (nSPS) is 9.92. The van der Waals surface area contributed by atoms with Crippen LogP contribution in [0, 0.1) is 24.0 Å². The number of halogens is 1. The first-order valence-electron chi connectivity index (χ1n) is 3.44. The van der Waals surface area contributed by atoms with Crippen LogP contribution in [0.25, 0.3) is 0 Å². The molecule has 0 heterocycles. The largest absolute Gasteiger partial charge is 0.288 e. The Labute approximate surface area is 75.1 Å². The number of nitro benzene ring substituents is 1. The molecule has 0 spiro atoms. The van der Waals surface area contributed by atoms with Crippen LogP contribution in [0.1, 0.15) is 11.1 Å². The van der Waals surface area contributed by atoms with Crippen molar-refractivity contribution < 1.29 is 4.92 Å². The van der Waals surface area contributed by atoms with E-state index in [0.29, 0.717) is 0 Å². The standard InChI is InChI=1S/C8H8ClNO2/c1-5-3-4-7(10(11)12)8(9)6(5)2/h3-4H,1-2H3. The summed E-state index contributed by atoms with van der Waals surface area (Å²) in [7, 11) is 0. The molecule has 1 rings (SSSR count). The predicted molar refractivity (Wildman–Crippen MR) is 47.6 cm³/mol. The van der Waals surface area contributed by atoms with Crippen LogP contribution in [0.15, 0.2) is 12.1 Å². The van der Waals surface area contributed by atoms with Gasteiger partial charge in [-0.3, -0.25) is 10.1 Å². The smallest absolute Gasteiger partial charge is 0.258 e. The molecule has 0 N–H and O–H groups in total. The lowest BCUT2D eigenvalue weighted by Crippen LogP contribution is -1.92. The van der Waals surface area contributed by atoms with E-state index in [1.807, 2.05) is 6.92 Å². The molecule has 0 saturated carbocycles. The van der Waals surface area contributed by atoms with Crippen molar-refractivity contribution in [2.45, 2.75) is 13.8 Å². The Kier molecular flexibility index (Phi) is 2.33. The maximum atomic E-state index is 10.4. The lowest BCUT2D eigenvalue weighted by Gasteiger charge is -2.01. The summed E-state index contributed by atoms with van der Waals surface area (Å²) in [6.45, 7) is 3.63. The van der Waals surface area contributed by atoms with Gasteiger partial charge in [-0.1, -0.05) is 17.7 Å². The molecule has 64 valence electrons. The minimum absolute atomic E-state index is 0.0280. The number of nitrogens with zero attached hydrogens (tertiary/aromatic N) is 1. The van der Waals surface area contributed by atoms with Crippen molar-refractivity contribution >= 4 is 17.3 Å². The Morgan fingerprint density at radius 2 is 2.00 bits per heavy atom. The molecule has 12 heavy (non-hydrogen) atoms. The summed E-state index contributed by atoms with van der Waals surface area (Å²) in [5.41, 5.74) is 1.70. The summed E-state index contributed by atoms with van der Waals surface area (Å²) in [6, 6.07) is 3.12. The molecule has 0 amide bonds. The van der Waals surface area contributed by atoms with Crippen LogP contribution in [0.5, 0.6) is 0 Å². The Balaban J connectivity index is 3.36. The Hall–Kier alpha value is -1.09. The number of hydrogen-bond acceptors (Lipinski definition) is 2. The van der Waals surface area contributed by atoms with Gasteiger partial charge in [0, 0.05) is 6.07 Å². The lowest BCUT2D eigenvalue weighted by atomic mass is 10.1. The van der Waals surface area contributed by atoms with Gasteiger partial charge < -0.3 is 0 Å². The van der Waals surface area contributed by atoms with Crippen LogP contribution in [-0.4, -0.2) is 4.92 Å². The van der Waals surface area contributed by atoms with Crippen LogP contribution in [-0.2, 0) is 0 Å². The van der Waals surface area contributed by atoms with E-state index in [-0.39, 0.29) is 10.7 Å². The molecule has 0 saturated heterocycles. The summed E-state index contributed by atoms with van der Waals surface area (Å²) < 4.78 is 0. The van der Waals surface area contributed by atoms with E-state index < -0.39 is 4.92 Å². The van der Waals surface area contributed by atoms with Gasteiger partial charge in [-0.25, -0.2) is 0 Å². The van der Waals surface area contributed by atoms with E-state index in [1.54, 1.807) is 13.0 Å². The SMILES string of the molecule is Cc1ccc([N+](=O)[O-])c(Cl)c1C. The minimum atomic E-state index is -0.477. The van der Waals surface area contributed by atoms with E-state index in [9.17, 15) is 10.1 Å². The summed E-state index contributed by atoms with van der Waals surface area (Å²) in [5.74, 6) is 0. The van der Waals surface area contributed by atoms with Crippen LogP contribution in [0.4, 0.5) is 5.69 Å². The molecule has 4 heteroatoms. The van der Waals surface area contributed by atoms with Gasteiger partial charge in [0.25, 0.3) is 5.69 Å². The topological polar surface area (TPSA) is 43.1 Å². The van der Waals surface area contributed by atoms with Crippen molar-refractivity contribution in [1.29, 1.82) is 0 Å². The molecule has 0 aromatic heterocycles. The highest BCUT2D eigenvalue weighted by Crippen LogP contribution is 2.29. The van der Waals surface area contributed by atoms with Gasteiger partial charge in [-0.05, 0) is 25.0 Å². The molecular weight excluding hydrogens is 178 g/mol. The third kappa shape index (κ3) is 1.41. The number of benzene rings is 1. The first-order chi connectivity index (χ1) is 5.54. The highest BCUT2D eigenvalue weighted by Gasteiger charge is 2.14. The third-order valence-corrected chi connectivity index (χ3v) is 2.31. The number of nitro groups is 1. The van der Waals surface area contributed by atoms with Crippen LogP contribution in [0.2, 0.25) is 5.02 Å². The van der Waals surface area contributed by atoms with E-state index in [2.05, 4.69) is 0 Å². The molecule has 0 radical (unpaired) electrons. The predicted octanol–water partition coefficient (Wildman–Crippen LogP) is 2.87. The molecule has 3 nitrogen and oxygen atoms in total. The molecule has 0 bridgehead atoms. The van der Waals surface area contributed by atoms with Crippen LogP contribution < -0.4 is 0 Å². The minimum Gasteiger partial charge on any atom is -0.258 e. The summed E-state index contributed by atoms with van der Waals surface area (Å²) in [5, 5.41) is 10.6. The maximum absolute atomic E-state index is 10.4. The Bertz CT molecular complexity index is 336. The van der Waals surface area contributed by atoms with Crippen LogP contribution in [0.3, 0.4) is 0 Å². The highest BCUT2D eigenvalue weighted by molar-refractivity contribution is 6.33. The van der Waals surface area contributed by atoms with E-state index in [0.717, 1.165) is 11.1 Å². The zero-order valence-corrected chi connectivity index (χ0v) is 7.55. The Morgan fingerprint density at radius 1 is 1.42 bits per heavy atom. The lowest BCUT2D eigenvalue weighted by molar-refractivity contribution is -0.384. The molecular formula is C8H8ClNO2. The second-order valence-electron chi connectivity index (χ2n) is 2.60. The third-order valence-electron chi connectivity index (χ3n) is 1.83. The highest BCUT2D eigenvalue weighted by atomic mass is 35.5. The van der Waals surface area contributed by atoms with Gasteiger partial charge in [-0.2, -0.15) is 0 Å². The number of rotatable bonds is 1. The molecule has 0 atom stereocenters. The maximum Gasteiger partial charge on any atom is 0.288 e. The monoisotopic (exact) mass is 185 g/mol. The summed E-state index contributed by atoms with van der Waals surface area (Å²) in [4.78, 5) is 9.93. The van der Waals surface area contributed by atoms with Crippen molar-refractivity contribution in [1.82, 2.24) is 0 Å². The summed E-state index contributed by atoms with van der Waals surface area (Å²) in [6.07, 6.45) is 0. The van der Waals surface area contributed by atoms with Crippen molar-refractivity contribution in [3.8, 4) is 0 Å².